The summed E-state index contributed by atoms with van der Waals surface area (Å²) in [6, 6.07) is 12.7. The van der Waals surface area contributed by atoms with Gasteiger partial charge in [-0.15, -0.1) is 16.4 Å². The van der Waals surface area contributed by atoms with Crippen LogP contribution in [-0.2, 0) is 10.2 Å². The van der Waals surface area contributed by atoms with E-state index in [0.29, 0.717) is 0 Å². The molecule has 0 amide bonds. The molecule has 3 aromatic rings. The molecule has 1 aliphatic rings. The zero-order chi connectivity index (χ0) is 18.3. The average Bonchev–Trinajstić information content (AvgIpc) is 3.34. The van der Waals surface area contributed by atoms with Gasteiger partial charge in [0.15, 0.2) is 11.6 Å². The first kappa shape index (κ1) is 17.4. The second-order valence-corrected chi connectivity index (χ2v) is 8.94. The Labute approximate surface area is 158 Å². The molecule has 1 aromatic carbocycles. The molecule has 0 radical (unpaired) electrons. The third-order valence-corrected chi connectivity index (χ3v) is 5.74. The summed E-state index contributed by atoms with van der Waals surface area (Å²) in [5.74, 6) is 1.68. The van der Waals surface area contributed by atoms with Gasteiger partial charge in [-0.3, -0.25) is 0 Å². The Bertz CT molecular complexity index is 875. The van der Waals surface area contributed by atoms with Crippen LogP contribution in [0.2, 0.25) is 0 Å². The van der Waals surface area contributed by atoms with Gasteiger partial charge in [0.05, 0.1) is 16.7 Å². The highest BCUT2D eigenvalue weighted by Crippen LogP contribution is 2.34. The summed E-state index contributed by atoms with van der Waals surface area (Å²) in [5, 5.41) is 6.88. The van der Waals surface area contributed by atoms with Crippen molar-refractivity contribution in [2.24, 2.45) is 0 Å². The zero-order valence-electron chi connectivity index (χ0n) is 15.8. The molecule has 0 aliphatic carbocycles. The monoisotopic (exact) mass is 367 g/mol. The highest BCUT2D eigenvalue weighted by Gasteiger charge is 2.29. The largest absolute Gasteiger partial charge is 0.367 e. The van der Waals surface area contributed by atoms with Crippen LogP contribution in [0.15, 0.2) is 41.8 Å². The fourth-order valence-corrected chi connectivity index (χ4v) is 3.98. The van der Waals surface area contributed by atoms with Crippen LogP contribution in [0, 0.1) is 0 Å². The molecule has 0 bridgehead atoms. The molecule has 0 saturated carbocycles. The van der Waals surface area contributed by atoms with Gasteiger partial charge in [0.1, 0.15) is 6.10 Å². The summed E-state index contributed by atoms with van der Waals surface area (Å²) >= 11 is 1.66. The lowest BCUT2D eigenvalue weighted by atomic mass is 9.87. The molecule has 0 spiro atoms. The lowest BCUT2D eigenvalue weighted by molar-refractivity contribution is 0.0491. The Balaban J connectivity index is 1.76. The maximum Gasteiger partial charge on any atom is 0.192 e. The van der Waals surface area contributed by atoms with E-state index >= 15 is 0 Å². The molecule has 2 aromatic heterocycles. The quantitative estimate of drug-likeness (QED) is 0.611. The third-order valence-electron chi connectivity index (χ3n) is 4.87. The predicted octanol–water partition coefficient (Wildman–Crippen LogP) is 5.53. The van der Waals surface area contributed by atoms with E-state index in [2.05, 4.69) is 63.4 Å². The molecule has 1 fully saturated rings. The van der Waals surface area contributed by atoms with Gasteiger partial charge in [0, 0.05) is 0 Å². The summed E-state index contributed by atoms with van der Waals surface area (Å²) < 4.78 is 8.06. The Morgan fingerprint density at radius 3 is 2.46 bits per heavy atom. The third kappa shape index (κ3) is 3.33. The van der Waals surface area contributed by atoms with Crippen molar-refractivity contribution in [2.75, 3.05) is 0 Å². The molecule has 0 unspecified atom stereocenters. The molecule has 0 N–H and O–H groups in total. The van der Waals surface area contributed by atoms with Crippen molar-refractivity contribution in [2.45, 2.75) is 58.2 Å². The van der Waals surface area contributed by atoms with Crippen LogP contribution in [0.4, 0.5) is 0 Å². The average molecular weight is 368 g/mol. The number of hydrogen-bond donors (Lipinski definition) is 0. The van der Waals surface area contributed by atoms with Crippen molar-refractivity contribution in [1.29, 1.82) is 0 Å². The van der Waals surface area contributed by atoms with Crippen LogP contribution in [-0.4, -0.2) is 20.9 Å². The number of thiophene rings is 1. The predicted molar refractivity (Wildman–Crippen MR) is 106 cm³/mol. The number of nitrogens with zero attached hydrogens (tertiary/aromatic N) is 3. The Morgan fingerprint density at radius 2 is 1.88 bits per heavy atom. The van der Waals surface area contributed by atoms with Crippen molar-refractivity contribution in [3.63, 3.8) is 0 Å². The SMILES string of the molecule is C[C@@H]1CC[C@H](c2nc(-c3cccs3)nn2-c2ccc(C(C)(C)C)cc2)O1. The summed E-state index contributed by atoms with van der Waals surface area (Å²) in [7, 11) is 0. The zero-order valence-corrected chi connectivity index (χ0v) is 16.6. The first-order valence-corrected chi connectivity index (χ1v) is 10.1. The Kier molecular flexibility index (Phi) is 4.45. The van der Waals surface area contributed by atoms with Gasteiger partial charge >= 0.3 is 0 Å². The van der Waals surface area contributed by atoms with Crippen LogP contribution in [0.25, 0.3) is 16.4 Å². The van der Waals surface area contributed by atoms with Crippen molar-refractivity contribution >= 4 is 11.3 Å². The number of ether oxygens (including phenoxy) is 1. The van der Waals surface area contributed by atoms with Crippen LogP contribution < -0.4 is 0 Å². The first-order valence-electron chi connectivity index (χ1n) is 9.19. The molecule has 4 nitrogen and oxygen atoms in total. The van der Waals surface area contributed by atoms with Crippen molar-refractivity contribution < 1.29 is 4.74 Å². The van der Waals surface area contributed by atoms with Gasteiger partial charge in [-0.25, -0.2) is 9.67 Å². The normalized spacial score (nSPS) is 20.6. The van der Waals surface area contributed by atoms with Gasteiger partial charge in [0.2, 0.25) is 0 Å². The lowest BCUT2D eigenvalue weighted by Crippen LogP contribution is -2.12. The molecule has 2 atom stereocenters. The summed E-state index contributed by atoms with van der Waals surface area (Å²) in [5.41, 5.74) is 2.48. The van der Waals surface area contributed by atoms with Crippen molar-refractivity contribution in [1.82, 2.24) is 14.8 Å². The summed E-state index contributed by atoms with van der Waals surface area (Å²) in [6.45, 7) is 8.81. The standard InChI is InChI=1S/C21H25N3OS/c1-14-7-12-17(25-14)20-22-19(18-6-5-13-26-18)23-24(20)16-10-8-15(9-11-16)21(2,3)4/h5-6,8-11,13-14,17H,7,12H2,1-4H3/t14-,17-/m1/s1. The minimum Gasteiger partial charge on any atom is -0.367 e. The molecule has 26 heavy (non-hydrogen) atoms. The van der Waals surface area contributed by atoms with Crippen LogP contribution in [0.1, 0.15) is 58.0 Å². The lowest BCUT2D eigenvalue weighted by Gasteiger charge is -2.19. The van der Waals surface area contributed by atoms with E-state index in [1.165, 1.54) is 5.56 Å². The Hall–Kier alpha value is -1.98. The maximum atomic E-state index is 6.10. The summed E-state index contributed by atoms with van der Waals surface area (Å²) in [4.78, 5) is 5.94. The maximum absolute atomic E-state index is 6.10. The Morgan fingerprint density at radius 1 is 1.12 bits per heavy atom. The van der Waals surface area contributed by atoms with E-state index in [1.807, 2.05) is 10.7 Å². The molecular formula is C21H25N3OS. The highest BCUT2D eigenvalue weighted by atomic mass is 32.1. The second-order valence-electron chi connectivity index (χ2n) is 7.99. The van der Waals surface area contributed by atoms with E-state index < -0.39 is 0 Å². The van der Waals surface area contributed by atoms with Gasteiger partial charge in [0.25, 0.3) is 0 Å². The van der Waals surface area contributed by atoms with E-state index in [9.17, 15) is 0 Å². The molecule has 1 aliphatic heterocycles. The van der Waals surface area contributed by atoms with Gasteiger partial charge in [-0.1, -0.05) is 39.0 Å². The molecule has 136 valence electrons. The number of benzene rings is 1. The fourth-order valence-electron chi connectivity index (χ4n) is 3.33. The van der Waals surface area contributed by atoms with Crippen molar-refractivity contribution in [3.05, 3.63) is 53.2 Å². The van der Waals surface area contributed by atoms with E-state index in [-0.39, 0.29) is 17.6 Å². The first-order chi connectivity index (χ1) is 12.4. The number of rotatable bonds is 3. The van der Waals surface area contributed by atoms with Gasteiger partial charge < -0.3 is 4.74 Å². The minimum atomic E-state index is 0.00787. The molecule has 3 heterocycles. The number of hydrogen-bond acceptors (Lipinski definition) is 4. The van der Waals surface area contributed by atoms with Crippen molar-refractivity contribution in [3.8, 4) is 16.4 Å². The van der Waals surface area contributed by atoms with Crippen LogP contribution >= 0.6 is 11.3 Å². The van der Waals surface area contributed by atoms with E-state index in [4.69, 9.17) is 14.8 Å². The fraction of sp³-hybridized carbons (Fsp3) is 0.429. The number of aromatic nitrogens is 3. The molecule has 1 saturated heterocycles. The van der Waals surface area contributed by atoms with E-state index in [0.717, 1.165) is 35.1 Å². The van der Waals surface area contributed by atoms with E-state index in [1.54, 1.807) is 11.3 Å². The van der Waals surface area contributed by atoms with Gasteiger partial charge in [-0.2, -0.15) is 0 Å². The van der Waals surface area contributed by atoms with Crippen LogP contribution in [0.5, 0.6) is 0 Å². The smallest absolute Gasteiger partial charge is 0.192 e. The molecular weight excluding hydrogens is 342 g/mol. The summed E-state index contributed by atoms with van der Waals surface area (Å²) in [6.07, 6.45) is 2.34. The second kappa shape index (κ2) is 6.63. The van der Waals surface area contributed by atoms with Gasteiger partial charge in [-0.05, 0) is 54.3 Å². The highest BCUT2D eigenvalue weighted by molar-refractivity contribution is 7.13. The molecule has 5 heteroatoms. The minimum absolute atomic E-state index is 0.00787. The molecule has 4 rings (SSSR count). The van der Waals surface area contributed by atoms with Crippen LogP contribution in [0.3, 0.4) is 0 Å². The topological polar surface area (TPSA) is 39.9 Å².